The zero-order chi connectivity index (χ0) is 23.4. The zero-order valence-electron chi connectivity index (χ0n) is 17.3. The molecule has 0 atom stereocenters. The number of nitro benzene ring substituents is 1. The Kier molecular flexibility index (Phi) is 5.98. The molecule has 1 amide bonds. The molecule has 2 heterocycles. The Bertz CT molecular complexity index is 1370. The number of non-ortho nitro benzene ring substituents is 1. The number of nitro groups is 1. The van der Waals surface area contributed by atoms with Crippen molar-refractivity contribution >= 4 is 34.7 Å². The lowest BCUT2D eigenvalue weighted by Gasteiger charge is -2.02. The molecule has 2 aromatic carbocycles. The lowest BCUT2D eigenvalue weighted by molar-refractivity contribution is -0.384. The number of esters is 1. The van der Waals surface area contributed by atoms with Gasteiger partial charge in [0.05, 0.1) is 23.3 Å². The van der Waals surface area contributed by atoms with Crippen molar-refractivity contribution < 1.29 is 28.1 Å². The third-order valence-electron chi connectivity index (χ3n) is 4.60. The predicted octanol–water partition coefficient (Wildman–Crippen LogP) is 4.54. The molecule has 10 heteroatoms. The minimum Gasteiger partial charge on any atom is -0.462 e. The number of benzene rings is 2. The molecule has 0 aliphatic heterocycles. The fourth-order valence-electron chi connectivity index (χ4n) is 3.03. The van der Waals surface area contributed by atoms with Gasteiger partial charge in [-0.15, -0.1) is 0 Å². The van der Waals surface area contributed by atoms with Crippen molar-refractivity contribution in [2.75, 3.05) is 6.61 Å². The van der Waals surface area contributed by atoms with Crippen LogP contribution >= 0.6 is 0 Å². The van der Waals surface area contributed by atoms with Gasteiger partial charge in [-0.1, -0.05) is 12.1 Å². The van der Waals surface area contributed by atoms with Crippen LogP contribution in [0.3, 0.4) is 0 Å². The molecule has 33 heavy (non-hydrogen) atoms. The minimum atomic E-state index is -0.619. The molecule has 0 aliphatic carbocycles. The number of furan rings is 2. The molecule has 4 rings (SSSR count). The number of hydrogen-bond donors (Lipinski definition) is 1. The van der Waals surface area contributed by atoms with Crippen LogP contribution in [0.4, 0.5) is 5.69 Å². The molecule has 0 aliphatic rings. The number of fused-ring (bicyclic) bond motifs is 1. The fourth-order valence-corrected chi connectivity index (χ4v) is 3.03. The largest absolute Gasteiger partial charge is 0.462 e. The molecule has 0 unspecified atom stereocenters. The molecule has 10 nitrogen and oxygen atoms in total. The average Bonchev–Trinajstić information content (AvgIpc) is 3.46. The van der Waals surface area contributed by atoms with E-state index < -0.39 is 16.8 Å². The van der Waals surface area contributed by atoms with E-state index in [2.05, 4.69) is 10.5 Å². The van der Waals surface area contributed by atoms with E-state index in [9.17, 15) is 19.7 Å². The van der Waals surface area contributed by atoms with Crippen LogP contribution in [0.1, 0.15) is 33.6 Å². The lowest BCUT2D eigenvalue weighted by Crippen LogP contribution is -2.16. The first-order valence-corrected chi connectivity index (χ1v) is 9.83. The monoisotopic (exact) mass is 447 g/mol. The van der Waals surface area contributed by atoms with Crippen LogP contribution in [0.5, 0.6) is 0 Å². The Morgan fingerprint density at radius 2 is 1.88 bits per heavy atom. The Balaban J connectivity index is 1.40. The molecule has 0 saturated heterocycles. The number of amides is 1. The van der Waals surface area contributed by atoms with E-state index >= 15 is 0 Å². The van der Waals surface area contributed by atoms with Crippen molar-refractivity contribution in [2.45, 2.75) is 6.92 Å². The molecule has 0 radical (unpaired) electrons. The maximum atomic E-state index is 12.3. The van der Waals surface area contributed by atoms with Gasteiger partial charge in [0.2, 0.25) is 0 Å². The first-order chi connectivity index (χ1) is 15.9. The van der Waals surface area contributed by atoms with Gasteiger partial charge >= 0.3 is 11.9 Å². The summed E-state index contributed by atoms with van der Waals surface area (Å²) in [5, 5.41) is 15.2. The van der Waals surface area contributed by atoms with Gasteiger partial charge in [0.15, 0.2) is 5.76 Å². The second kappa shape index (κ2) is 9.18. The number of hydrazone groups is 1. The van der Waals surface area contributed by atoms with E-state index in [4.69, 9.17) is 13.6 Å². The summed E-state index contributed by atoms with van der Waals surface area (Å²) in [6.45, 7) is 2.04. The molecule has 0 fully saturated rings. The number of nitrogens with zero attached hydrogens (tertiary/aromatic N) is 2. The molecule has 0 bridgehead atoms. The van der Waals surface area contributed by atoms with Gasteiger partial charge in [0, 0.05) is 23.1 Å². The van der Waals surface area contributed by atoms with Crippen LogP contribution in [0.2, 0.25) is 0 Å². The Morgan fingerprint density at radius 1 is 1.09 bits per heavy atom. The first kappa shape index (κ1) is 21.5. The summed E-state index contributed by atoms with van der Waals surface area (Å²) in [5.41, 5.74) is 3.76. The van der Waals surface area contributed by atoms with E-state index in [1.165, 1.54) is 30.5 Å². The van der Waals surface area contributed by atoms with E-state index in [1.54, 1.807) is 43.3 Å². The van der Waals surface area contributed by atoms with Crippen LogP contribution in [0.15, 0.2) is 74.6 Å². The van der Waals surface area contributed by atoms with Gasteiger partial charge in [-0.2, -0.15) is 5.10 Å². The number of rotatable bonds is 7. The Hall–Kier alpha value is -4.73. The standard InChI is InChI=1S/C23H17N3O7/c1-2-31-23(28)15-5-3-14(4-6-15)19-10-8-18(32-19)13-24-25-22(27)21-12-16-11-17(26(29)30)7-9-20(16)33-21/h3-13H,2H2,1H3,(H,25,27)/b24-13-. The quantitative estimate of drug-likeness (QED) is 0.190. The number of nitrogens with one attached hydrogen (secondary N) is 1. The zero-order valence-corrected chi connectivity index (χ0v) is 17.3. The third kappa shape index (κ3) is 4.79. The van der Waals surface area contributed by atoms with Crippen molar-refractivity contribution in [1.82, 2.24) is 5.43 Å². The fraction of sp³-hybridized carbons (Fsp3) is 0.0870. The smallest absolute Gasteiger partial charge is 0.338 e. The van der Waals surface area contributed by atoms with Gasteiger partial charge < -0.3 is 13.6 Å². The van der Waals surface area contributed by atoms with Crippen molar-refractivity contribution in [3.05, 3.63) is 87.9 Å². The van der Waals surface area contributed by atoms with E-state index in [0.29, 0.717) is 34.7 Å². The lowest BCUT2D eigenvalue weighted by atomic mass is 10.1. The van der Waals surface area contributed by atoms with Crippen LogP contribution in [-0.2, 0) is 4.74 Å². The summed E-state index contributed by atoms with van der Waals surface area (Å²) < 4.78 is 16.0. The molecular formula is C23H17N3O7. The Labute approximate surface area is 186 Å². The van der Waals surface area contributed by atoms with Gasteiger partial charge in [0.25, 0.3) is 5.69 Å². The van der Waals surface area contributed by atoms with Gasteiger partial charge in [-0.25, -0.2) is 10.2 Å². The topological polar surface area (TPSA) is 137 Å². The minimum absolute atomic E-state index is 0.0375. The SMILES string of the molecule is CCOC(=O)c1ccc(-c2ccc(/C=N\NC(=O)c3cc4cc([N+](=O)[O-])ccc4o3)o2)cc1. The predicted molar refractivity (Wildman–Crippen MR) is 118 cm³/mol. The molecular weight excluding hydrogens is 430 g/mol. The van der Waals surface area contributed by atoms with E-state index in [1.807, 2.05) is 0 Å². The van der Waals surface area contributed by atoms with Crippen molar-refractivity contribution in [1.29, 1.82) is 0 Å². The molecule has 2 aromatic heterocycles. The highest BCUT2D eigenvalue weighted by Gasteiger charge is 2.15. The molecule has 4 aromatic rings. The normalized spacial score (nSPS) is 11.1. The first-order valence-electron chi connectivity index (χ1n) is 9.83. The van der Waals surface area contributed by atoms with Crippen LogP contribution in [0.25, 0.3) is 22.3 Å². The number of carbonyl (C=O) groups excluding carboxylic acids is 2. The summed E-state index contributed by atoms with van der Waals surface area (Å²) in [6.07, 6.45) is 1.32. The summed E-state index contributed by atoms with van der Waals surface area (Å²) in [7, 11) is 0. The number of ether oxygens (including phenoxy) is 1. The second-order valence-electron chi connectivity index (χ2n) is 6.79. The maximum Gasteiger partial charge on any atom is 0.338 e. The second-order valence-corrected chi connectivity index (χ2v) is 6.79. The molecule has 166 valence electrons. The summed E-state index contributed by atoms with van der Waals surface area (Å²) in [5.74, 6) is -0.109. The number of carbonyl (C=O) groups is 2. The molecule has 1 N–H and O–H groups in total. The summed E-state index contributed by atoms with van der Waals surface area (Å²) >= 11 is 0. The van der Waals surface area contributed by atoms with Crippen LogP contribution in [0, 0.1) is 10.1 Å². The highest BCUT2D eigenvalue weighted by atomic mass is 16.6. The van der Waals surface area contributed by atoms with E-state index in [-0.39, 0.29) is 11.4 Å². The molecule has 0 saturated carbocycles. The Morgan fingerprint density at radius 3 is 2.61 bits per heavy atom. The highest BCUT2D eigenvalue weighted by Crippen LogP contribution is 2.24. The van der Waals surface area contributed by atoms with Gasteiger partial charge in [-0.3, -0.25) is 14.9 Å². The van der Waals surface area contributed by atoms with Gasteiger partial charge in [-0.05, 0) is 43.3 Å². The maximum absolute atomic E-state index is 12.3. The number of hydrogen-bond acceptors (Lipinski definition) is 8. The molecule has 0 spiro atoms. The van der Waals surface area contributed by atoms with Gasteiger partial charge in [0.1, 0.15) is 17.1 Å². The van der Waals surface area contributed by atoms with Crippen molar-refractivity contribution in [2.24, 2.45) is 5.10 Å². The van der Waals surface area contributed by atoms with Crippen LogP contribution in [-0.4, -0.2) is 29.6 Å². The average molecular weight is 447 g/mol. The third-order valence-corrected chi connectivity index (χ3v) is 4.60. The summed E-state index contributed by atoms with van der Waals surface area (Å²) in [6, 6.07) is 15.6. The van der Waals surface area contributed by atoms with Crippen molar-refractivity contribution in [3.63, 3.8) is 0 Å². The van der Waals surface area contributed by atoms with Crippen LogP contribution < -0.4 is 5.43 Å². The highest BCUT2D eigenvalue weighted by molar-refractivity contribution is 5.97. The van der Waals surface area contributed by atoms with Crippen molar-refractivity contribution in [3.8, 4) is 11.3 Å². The van der Waals surface area contributed by atoms with E-state index in [0.717, 1.165) is 5.56 Å². The summed E-state index contributed by atoms with van der Waals surface area (Å²) in [4.78, 5) is 34.3.